The highest BCUT2D eigenvalue weighted by atomic mass is 15.2. The Morgan fingerprint density at radius 3 is 2.55 bits per heavy atom. The quantitative estimate of drug-likeness (QED) is 0.798. The Morgan fingerprint density at radius 2 is 1.82 bits per heavy atom. The minimum absolute atomic E-state index is 0.717. The first kappa shape index (κ1) is 14.3. The van der Waals surface area contributed by atoms with Crippen LogP contribution in [0.1, 0.15) is 24.0 Å². The number of imidazole rings is 1. The Balaban J connectivity index is 1.90. The number of rotatable bonds is 4. The third-order valence-corrected chi connectivity index (χ3v) is 3.41. The molecule has 2 heterocycles. The molecule has 0 aliphatic carbocycles. The van der Waals surface area contributed by atoms with Crippen LogP contribution in [0, 0.1) is 13.8 Å². The molecular formula is C17H19N5. The SMILES string of the molecule is CCc1nc(C)cn1-c1cncc(Nc2ccc(C)cc2)n1. The molecule has 0 aliphatic heterocycles. The fraction of sp³-hybridized carbons (Fsp3) is 0.235. The maximum atomic E-state index is 4.63. The molecule has 2 aromatic heterocycles. The first-order chi connectivity index (χ1) is 10.7. The summed E-state index contributed by atoms with van der Waals surface area (Å²) >= 11 is 0. The Kier molecular flexibility index (Phi) is 3.87. The van der Waals surface area contributed by atoms with Crippen LogP contribution in [0.5, 0.6) is 0 Å². The Hall–Kier alpha value is -2.69. The van der Waals surface area contributed by atoms with Crippen LogP contribution < -0.4 is 5.32 Å². The van der Waals surface area contributed by atoms with E-state index in [0.29, 0.717) is 0 Å². The second kappa shape index (κ2) is 5.97. The molecule has 22 heavy (non-hydrogen) atoms. The fourth-order valence-electron chi connectivity index (χ4n) is 2.31. The van der Waals surface area contributed by atoms with Gasteiger partial charge in [0.25, 0.3) is 0 Å². The van der Waals surface area contributed by atoms with Crippen LogP contribution in [0.4, 0.5) is 11.5 Å². The Bertz CT molecular complexity index is 774. The fourth-order valence-corrected chi connectivity index (χ4v) is 2.31. The summed E-state index contributed by atoms with van der Waals surface area (Å²) in [4.78, 5) is 13.4. The van der Waals surface area contributed by atoms with Crippen LogP contribution in [-0.2, 0) is 6.42 Å². The van der Waals surface area contributed by atoms with Crippen LogP contribution in [0.3, 0.4) is 0 Å². The van der Waals surface area contributed by atoms with E-state index in [1.54, 1.807) is 12.4 Å². The molecule has 0 atom stereocenters. The molecule has 0 bridgehead atoms. The molecule has 0 radical (unpaired) electrons. The Labute approximate surface area is 130 Å². The lowest BCUT2D eigenvalue weighted by Crippen LogP contribution is -2.04. The van der Waals surface area contributed by atoms with E-state index < -0.39 is 0 Å². The summed E-state index contributed by atoms with van der Waals surface area (Å²) in [6.07, 6.45) is 6.31. The minimum atomic E-state index is 0.717. The normalized spacial score (nSPS) is 10.7. The van der Waals surface area contributed by atoms with Gasteiger partial charge in [0.1, 0.15) is 5.82 Å². The molecule has 112 valence electrons. The molecule has 0 unspecified atom stereocenters. The molecule has 3 aromatic rings. The van der Waals surface area contributed by atoms with Crippen LogP contribution in [0.25, 0.3) is 5.82 Å². The first-order valence-electron chi connectivity index (χ1n) is 7.36. The minimum Gasteiger partial charge on any atom is -0.339 e. The van der Waals surface area contributed by atoms with Gasteiger partial charge in [-0.1, -0.05) is 24.6 Å². The van der Waals surface area contributed by atoms with E-state index >= 15 is 0 Å². The molecule has 1 aromatic carbocycles. The molecular weight excluding hydrogens is 274 g/mol. The van der Waals surface area contributed by atoms with Crippen molar-refractivity contribution in [2.45, 2.75) is 27.2 Å². The molecule has 0 fully saturated rings. The lowest BCUT2D eigenvalue weighted by molar-refractivity contribution is 0.861. The van der Waals surface area contributed by atoms with Crippen LogP contribution >= 0.6 is 0 Å². The summed E-state index contributed by atoms with van der Waals surface area (Å²) in [5, 5.41) is 3.28. The first-order valence-corrected chi connectivity index (χ1v) is 7.36. The predicted molar refractivity (Wildman–Crippen MR) is 87.7 cm³/mol. The lowest BCUT2D eigenvalue weighted by Gasteiger charge is -2.09. The second-order valence-corrected chi connectivity index (χ2v) is 5.28. The van der Waals surface area contributed by atoms with Crippen LogP contribution in [0.2, 0.25) is 0 Å². The number of nitrogens with one attached hydrogen (secondary N) is 1. The summed E-state index contributed by atoms with van der Waals surface area (Å²) in [6, 6.07) is 8.19. The third-order valence-electron chi connectivity index (χ3n) is 3.41. The summed E-state index contributed by atoms with van der Waals surface area (Å²) in [6.45, 7) is 6.13. The van der Waals surface area contributed by atoms with Crippen molar-refractivity contribution in [1.29, 1.82) is 0 Å². The molecule has 3 rings (SSSR count). The van der Waals surface area contributed by atoms with E-state index in [-0.39, 0.29) is 0 Å². The highest BCUT2D eigenvalue weighted by Gasteiger charge is 2.08. The number of benzene rings is 1. The summed E-state index contributed by atoms with van der Waals surface area (Å²) in [5.74, 6) is 2.48. The van der Waals surface area contributed by atoms with E-state index in [4.69, 9.17) is 0 Å². The maximum absolute atomic E-state index is 4.63. The van der Waals surface area contributed by atoms with Crippen molar-refractivity contribution in [3.8, 4) is 5.82 Å². The number of aromatic nitrogens is 4. The van der Waals surface area contributed by atoms with Crippen molar-refractivity contribution >= 4 is 11.5 Å². The van der Waals surface area contributed by atoms with Crippen molar-refractivity contribution in [1.82, 2.24) is 19.5 Å². The highest BCUT2D eigenvalue weighted by molar-refractivity contribution is 5.56. The molecule has 0 spiro atoms. The van der Waals surface area contributed by atoms with E-state index in [2.05, 4.69) is 46.2 Å². The average molecular weight is 293 g/mol. The number of hydrogen-bond donors (Lipinski definition) is 1. The van der Waals surface area contributed by atoms with Crippen LogP contribution in [-0.4, -0.2) is 19.5 Å². The monoisotopic (exact) mass is 293 g/mol. The maximum Gasteiger partial charge on any atom is 0.159 e. The largest absolute Gasteiger partial charge is 0.339 e. The van der Waals surface area contributed by atoms with Crippen molar-refractivity contribution in [2.75, 3.05) is 5.32 Å². The van der Waals surface area contributed by atoms with E-state index in [9.17, 15) is 0 Å². The zero-order valence-corrected chi connectivity index (χ0v) is 13.0. The highest BCUT2D eigenvalue weighted by Crippen LogP contribution is 2.17. The second-order valence-electron chi connectivity index (χ2n) is 5.28. The van der Waals surface area contributed by atoms with Gasteiger partial charge in [-0.3, -0.25) is 9.55 Å². The number of anilines is 2. The van der Waals surface area contributed by atoms with Gasteiger partial charge in [-0.05, 0) is 26.0 Å². The smallest absolute Gasteiger partial charge is 0.159 e. The summed E-state index contributed by atoms with van der Waals surface area (Å²) in [7, 11) is 0. The topological polar surface area (TPSA) is 55.6 Å². The third kappa shape index (κ3) is 2.98. The van der Waals surface area contributed by atoms with E-state index in [1.807, 2.05) is 29.8 Å². The number of nitrogens with zero attached hydrogens (tertiary/aromatic N) is 4. The summed E-state index contributed by atoms with van der Waals surface area (Å²) in [5.41, 5.74) is 3.21. The van der Waals surface area contributed by atoms with Crippen molar-refractivity contribution < 1.29 is 0 Å². The van der Waals surface area contributed by atoms with Gasteiger partial charge in [-0.15, -0.1) is 0 Å². The Morgan fingerprint density at radius 1 is 1.05 bits per heavy atom. The molecule has 0 amide bonds. The molecule has 5 heteroatoms. The zero-order valence-electron chi connectivity index (χ0n) is 13.0. The standard InChI is InChI=1S/C17H19N5/c1-4-16-19-13(3)11-22(16)17-10-18-9-15(21-17)20-14-7-5-12(2)6-8-14/h5-11H,4H2,1-3H3,(H,20,21). The number of hydrogen-bond acceptors (Lipinski definition) is 4. The molecule has 1 N–H and O–H groups in total. The average Bonchev–Trinajstić information content (AvgIpc) is 2.91. The van der Waals surface area contributed by atoms with Crippen molar-refractivity contribution in [3.63, 3.8) is 0 Å². The van der Waals surface area contributed by atoms with Crippen molar-refractivity contribution in [3.05, 3.63) is 59.9 Å². The van der Waals surface area contributed by atoms with Gasteiger partial charge in [0.05, 0.1) is 18.1 Å². The van der Waals surface area contributed by atoms with E-state index in [1.165, 1.54) is 5.56 Å². The van der Waals surface area contributed by atoms with Gasteiger partial charge in [0.2, 0.25) is 0 Å². The number of aryl methyl sites for hydroxylation is 3. The van der Waals surface area contributed by atoms with Crippen molar-refractivity contribution in [2.24, 2.45) is 0 Å². The molecule has 5 nitrogen and oxygen atoms in total. The molecule has 0 saturated carbocycles. The van der Waals surface area contributed by atoms with Gasteiger partial charge >= 0.3 is 0 Å². The van der Waals surface area contributed by atoms with Crippen LogP contribution in [0.15, 0.2) is 42.9 Å². The van der Waals surface area contributed by atoms with Gasteiger partial charge in [0, 0.05) is 18.3 Å². The van der Waals surface area contributed by atoms with Gasteiger partial charge in [-0.25, -0.2) is 9.97 Å². The van der Waals surface area contributed by atoms with Gasteiger partial charge in [0.15, 0.2) is 11.6 Å². The summed E-state index contributed by atoms with van der Waals surface area (Å²) < 4.78 is 1.99. The molecule has 0 aliphatic rings. The van der Waals surface area contributed by atoms with E-state index in [0.717, 1.165) is 35.3 Å². The van der Waals surface area contributed by atoms with Gasteiger partial charge < -0.3 is 5.32 Å². The zero-order chi connectivity index (χ0) is 15.5. The molecule has 0 saturated heterocycles. The van der Waals surface area contributed by atoms with Gasteiger partial charge in [-0.2, -0.15) is 0 Å². The predicted octanol–water partition coefficient (Wildman–Crippen LogP) is 3.59. The lowest BCUT2D eigenvalue weighted by atomic mass is 10.2.